The van der Waals surface area contributed by atoms with Crippen molar-refractivity contribution in [3.05, 3.63) is 67.9 Å². The maximum absolute atomic E-state index is 14.1. The summed E-state index contributed by atoms with van der Waals surface area (Å²) in [4.78, 5) is 0. The van der Waals surface area contributed by atoms with Gasteiger partial charge in [0.05, 0.1) is 11.1 Å². The smallest absolute Gasteiger partial charge is 0.131 e. The molecule has 0 aromatic heterocycles. The molecule has 112 valence electrons. The van der Waals surface area contributed by atoms with Crippen LogP contribution < -0.4 is 5.32 Å². The van der Waals surface area contributed by atoms with Gasteiger partial charge in [0.2, 0.25) is 0 Å². The van der Waals surface area contributed by atoms with Gasteiger partial charge in [0, 0.05) is 21.7 Å². The molecule has 0 bridgehead atoms. The molecule has 21 heavy (non-hydrogen) atoms. The Morgan fingerprint density at radius 3 is 2.19 bits per heavy atom. The molecule has 0 aliphatic heterocycles. The van der Waals surface area contributed by atoms with Crippen molar-refractivity contribution in [2.24, 2.45) is 0 Å². The van der Waals surface area contributed by atoms with Crippen molar-refractivity contribution < 1.29 is 13.2 Å². The zero-order chi connectivity index (χ0) is 15.7. The van der Waals surface area contributed by atoms with E-state index in [0.29, 0.717) is 9.50 Å². The second-order valence-electron chi connectivity index (χ2n) is 4.63. The third-order valence-corrected chi connectivity index (χ3v) is 4.43. The lowest BCUT2D eigenvalue weighted by Crippen LogP contribution is -2.20. The van der Waals surface area contributed by atoms with Gasteiger partial charge in [-0.3, -0.25) is 0 Å². The van der Waals surface area contributed by atoms with E-state index in [-0.39, 0.29) is 16.7 Å². The van der Waals surface area contributed by atoms with Crippen LogP contribution in [0.15, 0.2) is 28.7 Å². The van der Waals surface area contributed by atoms with E-state index >= 15 is 0 Å². The Kier molecular flexibility index (Phi) is 4.96. The molecule has 1 nitrogen and oxygen atoms in total. The molecule has 2 aromatic carbocycles. The first-order valence-electron chi connectivity index (χ1n) is 6.12. The Morgan fingerprint density at radius 1 is 1.00 bits per heavy atom. The lowest BCUT2D eigenvalue weighted by Gasteiger charge is -2.20. The number of hydrogen-bond acceptors (Lipinski definition) is 1. The van der Waals surface area contributed by atoms with E-state index in [1.54, 1.807) is 7.05 Å². The second-order valence-corrected chi connectivity index (χ2v) is 5.89. The highest BCUT2D eigenvalue weighted by atomic mass is 79.9. The van der Waals surface area contributed by atoms with E-state index in [2.05, 4.69) is 21.2 Å². The van der Waals surface area contributed by atoms with Crippen LogP contribution in [0.25, 0.3) is 0 Å². The van der Waals surface area contributed by atoms with E-state index in [4.69, 9.17) is 11.6 Å². The third-order valence-electron chi connectivity index (χ3n) is 3.23. The predicted octanol–water partition coefficient (Wildman–Crippen LogP) is 5.14. The topological polar surface area (TPSA) is 12.0 Å². The highest BCUT2D eigenvalue weighted by Crippen LogP contribution is 2.33. The molecule has 0 aliphatic carbocycles. The summed E-state index contributed by atoms with van der Waals surface area (Å²) >= 11 is 9.10. The summed E-state index contributed by atoms with van der Waals surface area (Å²) in [6, 6.07) is 4.03. The molecule has 2 aromatic rings. The van der Waals surface area contributed by atoms with E-state index in [1.165, 1.54) is 25.1 Å². The average molecular weight is 379 g/mol. The van der Waals surface area contributed by atoms with Gasteiger partial charge in [0.15, 0.2) is 0 Å². The number of rotatable bonds is 3. The summed E-state index contributed by atoms with van der Waals surface area (Å²) in [5.74, 6) is -1.91. The van der Waals surface area contributed by atoms with E-state index in [0.717, 1.165) is 6.07 Å². The van der Waals surface area contributed by atoms with Gasteiger partial charge in [-0.2, -0.15) is 0 Å². The highest BCUT2D eigenvalue weighted by molar-refractivity contribution is 9.10. The summed E-state index contributed by atoms with van der Waals surface area (Å²) < 4.78 is 41.9. The van der Waals surface area contributed by atoms with Gasteiger partial charge in [-0.15, -0.1) is 0 Å². The maximum Gasteiger partial charge on any atom is 0.131 e. The van der Waals surface area contributed by atoms with Crippen molar-refractivity contribution in [1.29, 1.82) is 0 Å². The number of benzene rings is 2. The zero-order valence-corrected chi connectivity index (χ0v) is 13.6. The minimum Gasteiger partial charge on any atom is -0.309 e. The summed E-state index contributed by atoms with van der Waals surface area (Å²) in [6.45, 7) is 1.52. The van der Waals surface area contributed by atoms with Gasteiger partial charge < -0.3 is 5.32 Å². The maximum atomic E-state index is 14.1. The molecule has 0 aliphatic rings. The minimum absolute atomic E-state index is 0.161. The molecule has 0 heterocycles. The highest BCUT2D eigenvalue weighted by Gasteiger charge is 2.22. The normalized spacial score (nSPS) is 12.5. The molecule has 0 saturated heterocycles. The third kappa shape index (κ3) is 3.25. The lowest BCUT2D eigenvalue weighted by atomic mass is 9.96. The molecular formula is C15H12BrClF3N. The summed E-state index contributed by atoms with van der Waals surface area (Å²) in [6.07, 6.45) is 0. The van der Waals surface area contributed by atoms with Gasteiger partial charge >= 0.3 is 0 Å². The lowest BCUT2D eigenvalue weighted by molar-refractivity contribution is 0.532. The minimum atomic E-state index is -0.769. The molecule has 1 N–H and O–H groups in total. The number of hydrogen-bond donors (Lipinski definition) is 1. The molecular weight excluding hydrogens is 367 g/mol. The molecule has 2 rings (SSSR count). The van der Waals surface area contributed by atoms with Crippen LogP contribution in [0.1, 0.15) is 22.7 Å². The largest absolute Gasteiger partial charge is 0.309 e. The van der Waals surface area contributed by atoms with Crippen molar-refractivity contribution in [3.63, 3.8) is 0 Å². The van der Waals surface area contributed by atoms with Crippen LogP contribution >= 0.6 is 27.5 Å². The van der Waals surface area contributed by atoms with E-state index in [9.17, 15) is 13.2 Å². The van der Waals surface area contributed by atoms with Crippen LogP contribution in [0.2, 0.25) is 5.02 Å². The van der Waals surface area contributed by atoms with Crippen LogP contribution in [0, 0.1) is 24.4 Å². The van der Waals surface area contributed by atoms with Crippen molar-refractivity contribution in [1.82, 2.24) is 5.32 Å². The molecule has 1 unspecified atom stereocenters. The monoisotopic (exact) mass is 377 g/mol. The summed E-state index contributed by atoms with van der Waals surface area (Å²) in [5.41, 5.74) is 0.638. The van der Waals surface area contributed by atoms with E-state index < -0.39 is 23.5 Å². The molecule has 1 atom stereocenters. The van der Waals surface area contributed by atoms with Crippen LogP contribution in [0.3, 0.4) is 0 Å². The Morgan fingerprint density at radius 2 is 1.57 bits per heavy atom. The predicted molar refractivity (Wildman–Crippen MR) is 81.1 cm³/mol. The first-order valence-corrected chi connectivity index (χ1v) is 7.29. The zero-order valence-electron chi connectivity index (χ0n) is 11.3. The quantitative estimate of drug-likeness (QED) is 0.730. The number of nitrogens with one attached hydrogen (secondary N) is 1. The van der Waals surface area contributed by atoms with Crippen molar-refractivity contribution in [2.75, 3.05) is 7.05 Å². The van der Waals surface area contributed by atoms with Crippen molar-refractivity contribution in [3.8, 4) is 0 Å². The van der Waals surface area contributed by atoms with Gasteiger partial charge in [0.25, 0.3) is 0 Å². The van der Waals surface area contributed by atoms with Crippen molar-refractivity contribution >= 4 is 27.5 Å². The average Bonchev–Trinajstić information content (AvgIpc) is 2.42. The fraction of sp³-hybridized carbons (Fsp3) is 0.200. The van der Waals surface area contributed by atoms with Crippen LogP contribution in [-0.2, 0) is 0 Å². The van der Waals surface area contributed by atoms with Gasteiger partial charge in [-0.05, 0) is 53.7 Å². The molecule has 6 heteroatoms. The number of halogens is 5. The molecule has 0 saturated carbocycles. The second kappa shape index (κ2) is 6.38. The Bertz CT molecular complexity index is 634. The SMILES string of the molecule is CNC(c1cc(C)c(F)cc1F)c1cc(Cl)c(Br)cc1F. The first-order chi connectivity index (χ1) is 9.85. The number of aryl methyl sites for hydroxylation is 1. The molecule has 0 radical (unpaired) electrons. The van der Waals surface area contributed by atoms with Gasteiger partial charge in [0.1, 0.15) is 17.5 Å². The van der Waals surface area contributed by atoms with E-state index in [1.807, 2.05) is 0 Å². The summed E-state index contributed by atoms with van der Waals surface area (Å²) in [7, 11) is 1.57. The Balaban J connectivity index is 2.60. The Labute approximate surface area is 134 Å². The van der Waals surface area contributed by atoms with Gasteiger partial charge in [-0.25, -0.2) is 13.2 Å². The first kappa shape index (κ1) is 16.3. The Hall–Kier alpha value is -1.04. The van der Waals surface area contributed by atoms with Crippen LogP contribution in [0.4, 0.5) is 13.2 Å². The van der Waals surface area contributed by atoms with Crippen molar-refractivity contribution in [2.45, 2.75) is 13.0 Å². The fourth-order valence-corrected chi connectivity index (χ4v) is 2.63. The van der Waals surface area contributed by atoms with Crippen LogP contribution in [0.5, 0.6) is 0 Å². The molecule has 0 fully saturated rings. The summed E-state index contributed by atoms with van der Waals surface area (Å²) in [5, 5.41) is 3.14. The fourth-order valence-electron chi connectivity index (χ4n) is 2.14. The van der Waals surface area contributed by atoms with Gasteiger partial charge in [-0.1, -0.05) is 11.6 Å². The van der Waals surface area contributed by atoms with Crippen LogP contribution in [-0.4, -0.2) is 7.05 Å². The molecule has 0 amide bonds. The standard InChI is InChI=1S/C15H12BrClF3N/c1-7-3-8(14(20)6-12(7)18)15(21-2)9-4-11(17)10(16)5-13(9)19/h3-6,15,21H,1-2H3. The molecule has 0 spiro atoms.